The van der Waals surface area contributed by atoms with Crippen molar-refractivity contribution in [2.24, 2.45) is 0 Å². The van der Waals surface area contributed by atoms with E-state index in [2.05, 4.69) is 31.0 Å². The van der Waals surface area contributed by atoms with E-state index in [1.54, 1.807) is 0 Å². The molecule has 0 aliphatic carbocycles. The van der Waals surface area contributed by atoms with Gasteiger partial charge < -0.3 is 4.74 Å². The fourth-order valence-electron chi connectivity index (χ4n) is 1.61. The Labute approximate surface area is 79.1 Å². The lowest BCUT2D eigenvalue weighted by Gasteiger charge is -2.21. The molecule has 0 fully saturated rings. The van der Waals surface area contributed by atoms with Gasteiger partial charge in [-0.15, -0.1) is 0 Å². The number of likely N-dealkylation sites (N-methyl/N-ethyl adjacent to an activating group) is 1. The Kier molecular flexibility index (Phi) is 2.23. The van der Waals surface area contributed by atoms with E-state index in [4.69, 9.17) is 4.74 Å². The molecule has 70 valence electrons. The summed E-state index contributed by atoms with van der Waals surface area (Å²) in [5.41, 5.74) is 1.33. The smallest absolute Gasteiger partial charge is 0.156 e. The molecule has 0 N–H and O–H groups in total. The third kappa shape index (κ3) is 1.54. The van der Waals surface area contributed by atoms with E-state index in [1.165, 1.54) is 5.56 Å². The van der Waals surface area contributed by atoms with Gasteiger partial charge >= 0.3 is 0 Å². The number of hydrogen-bond acceptors (Lipinski definition) is 2. The third-order valence-corrected chi connectivity index (χ3v) is 2.62. The van der Waals surface area contributed by atoms with Gasteiger partial charge in [-0.2, -0.15) is 0 Å². The Morgan fingerprint density at radius 3 is 2.92 bits per heavy atom. The minimum atomic E-state index is 0.238. The molecule has 0 bridgehead atoms. The van der Waals surface area contributed by atoms with Crippen molar-refractivity contribution < 1.29 is 4.74 Å². The number of benzene rings is 1. The van der Waals surface area contributed by atoms with Gasteiger partial charge in [0, 0.05) is 6.42 Å². The second-order valence-electron chi connectivity index (χ2n) is 3.46. The van der Waals surface area contributed by atoms with Crippen LogP contribution in [-0.4, -0.2) is 24.7 Å². The first-order valence-corrected chi connectivity index (χ1v) is 4.76. The number of para-hydroxylation sites is 1. The molecule has 1 aliphatic rings. The second-order valence-corrected chi connectivity index (χ2v) is 3.46. The molecule has 1 heterocycles. The van der Waals surface area contributed by atoms with Crippen LogP contribution in [0.4, 0.5) is 0 Å². The van der Waals surface area contributed by atoms with Gasteiger partial charge in [0.1, 0.15) is 5.75 Å². The third-order valence-electron chi connectivity index (χ3n) is 2.62. The largest absolute Gasteiger partial charge is 0.474 e. The molecular weight excluding hydrogens is 162 g/mol. The summed E-state index contributed by atoms with van der Waals surface area (Å²) in [6, 6.07) is 8.27. The van der Waals surface area contributed by atoms with Crippen LogP contribution in [0.5, 0.6) is 5.75 Å². The molecule has 1 aliphatic heterocycles. The van der Waals surface area contributed by atoms with Crippen molar-refractivity contribution >= 4 is 0 Å². The molecule has 2 rings (SSSR count). The fourth-order valence-corrected chi connectivity index (χ4v) is 1.61. The monoisotopic (exact) mass is 177 g/mol. The van der Waals surface area contributed by atoms with E-state index in [1.807, 2.05) is 12.1 Å². The predicted octanol–water partition coefficient (Wildman–Crippen LogP) is 1.90. The molecule has 0 aromatic heterocycles. The summed E-state index contributed by atoms with van der Waals surface area (Å²) in [6.07, 6.45) is 1.25. The van der Waals surface area contributed by atoms with Crippen LogP contribution < -0.4 is 4.74 Å². The predicted molar refractivity (Wildman–Crippen MR) is 52.9 cm³/mol. The van der Waals surface area contributed by atoms with Crippen molar-refractivity contribution in [1.29, 1.82) is 0 Å². The Hall–Kier alpha value is -1.02. The number of hydrogen-bond donors (Lipinski definition) is 0. The van der Waals surface area contributed by atoms with Gasteiger partial charge in [0.05, 0.1) is 0 Å². The van der Waals surface area contributed by atoms with E-state index < -0.39 is 0 Å². The molecule has 13 heavy (non-hydrogen) atoms. The molecule has 2 nitrogen and oxygen atoms in total. The van der Waals surface area contributed by atoms with E-state index in [0.717, 1.165) is 18.7 Å². The Morgan fingerprint density at radius 2 is 2.23 bits per heavy atom. The van der Waals surface area contributed by atoms with Crippen LogP contribution >= 0.6 is 0 Å². The zero-order valence-electron chi connectivity index (χ0n) is 8.16. The molecular formula is C11H15NO. The summed E-state index contributed by atoms with van der Waals surface area (Å²) < 4.78 is 5.79. The van der Waals surface area contributed by atoms with Crippen LogP contribution in [0.1, 0.15) is 12.5 Å². The average molecular weight is 177 g/mol. The molecule has 1 aromatic carbocycles. The topological polar surface area (TPSA) is 12.5 Å². The number of fused-ring (bicyclic) bond motifs is 1. The maximum Gasteiger partial charge on any atom is 0.156 e. The molecule has 0 radical (unpaired) electrons. The van der Waals surface area contributed by atoms with Gasteiger partial charge in [-0.25, -0.2) is 0 Å². The van der Waals surface area contributed by atoms with Crippen molar-refractivity contribution in [1.82, 2.24) is 4.90 Å². The van der Waals surface area contributed by atoms with Gasteiger partial charge in [-0.05, 0) is 25.2 Å². The highest BCUT2D eigenvalue weighted by molar-refractivity contribution is 5.36. The minimum Gasteiger partial charge on any atom is -0.474 e. The summed E-state index contributed by atoms with van der Waals surface area (Å²) in [5.74, 6) is 1.05. The summed E-state index contributed by atoms with van der Waals surface area (Å²) in [7, 11) is 2.09. The lowest BCUT2D eigenvalue weighted by atomic mass is 10.1. The molecule has 1 atom stereocenters. The van der Waals surface area contributed by atoms with Crippen LogP contribution in [0.25, 0.3) is 0 Å². The van der Waals surface area contributed by atoms with E-state index >= 15 is 0 Å². The first-order valence-electron chi connectivity index (χ1n) is 4.76. The molecule has 1 aromatic rings. The average Bonchev–Trinajstić information content (AvgIpc) is 2.59. The van der Waals surface area contributed by atoms with Crippen molar-refractivity contribution in [2.45, 2.75) is 19.6 Å². The van der Waals surface area contributed by atoms with Crippen LogP contribution in [-0.2, 0) is 6.42 Å². The van der Waals surface area contributed by atoms with Crippen molar-refractivity contribution in [3.63, 3.8) is 0 Å². The number of rotatable bonds is 2. The highest BCUT2D eigenvalue weighted by Gasteiger charge is 2.24. The highest BCUT2D eigenvalue weighted by Crippen LogP contribution is 2.28. The molecule has 1 unspecified atom stereocenters. The lowest BCUT2D eigenvalue weighted by Crippen LogP contribution is -2.34. The first kappa shape index (κ1) is 8.57. The fraction of sp³-hybridized carbons (Fsp3) is 0.455. The SMILES string of the molecule is CCN(C)C1Cc2ccccc2O1. The van der Waals surface area contributed by atoms with Crippen molar-refractivity contribution in [3.05, 3.63) is 29.8 Å². The summed E-state index contributed by atoms with van der Waals surface area (Å²) in [4.78, 5) is 2.22. The maximum absolute atomic E-state index is 5.79. The summed E-state index contributed by atoms with van der Waals surface area (Å²) in [5, 5.41) is 0. The minimum absolute atomic E-state index is 0.238. The standard InChI is InChI=1S/C11H15NO/c1-3-12(2)11-8-9-6-4-5-7-10(9)13-11/h4-7,11H,3,8H2,1-2H3. The van der Waals surface area contributed by atoms with Gasteiger partial charge in [0.2, 0.25) is 0 Å². The molecule has 0 saturated carbocycles. The van der Waals surface area contributed by atoms with Crippen molar-refractivity contribution in [3.8, 4) is 5.75 Å². The number of ether oxygens (including phenoxy) is 1. The van der Waals surface area contributed by atoms with Crippen LogP contribution in [0.15, 0.2) is 24.3 Å². The Balaban J connectivity index is 2.14. The molecule has 0 amide bonds. The molecule has 0 spiro atoms. The van der Waals surface area contributed by atoms with Crippen molar-refractivity contribution in [2.75, 3.05) is 13.6 Å². The zero-order chi connectivity index (χ0) is 9.26. The normalized spacial score (nSPS) is 20.1. The summed E-state index contributed by atoms with van der Waals surface area (Å²) >= 11 is 0. The molecule has 0 saturated heterocycles. The van der Waals surface area contributed by atoms with E-state index in [0.29, 0.717) is 0 Å². The van der Waals surface area contributed by atoms with Gasteiger partial charge in [0.15, 0.2) is 6.23 Å². The lowest BCUT2D eigenvalue weighted by molar-refractivity contribution is 0.0691. The Bertz CT molecular complexity index is 273. The highest BCUT2D eigenvalue weighted by atomic mass is 16.5. The van der Waals surface area contributed by atoms with Gasteiger partial charge in [-0.3, -0.25) is 4.90 Å². The van der Waals surface area contributed by atoms with Crippen LogP contribution in [0, 0.1) is 0 Å². The second kappa shape index (κ2) is 3.38. The quantitative estimate of drug-likeness (QED) is 0.684. The molecule has 2 heteroatoms. The van der Waals surface area contributed by atoms with E-state index in [9.17, 15) is 0 Å². The maximum atomic E-state index is 5.79. The first-order chi connectivity index (χ1) is 6.31. The zero-order valence-corrected chi connectivity index (χ0v) is 8.16. The van der Waals surface area contributed by atoms with Gasteiger partial charge in [0.25, 0.3) is 0 Å². The Morgan fingerprint density at radius 1 is 1.46 bits per heavy atom. The van der Waals surface area contributed by atoms with Crippen LogP contribution in [0.2, 0.25) is 0 Å². The van der Waals surface area contributed by atoms with Crippen LogP contribution in [0.3, 0.4) is 0 Å². The number of nitrogens with zero attached hydrogens (tertiary/aromatic N) is 1. The van der Waals surface area contributed by atoms with E-state index in [-0.39, 0.29) is 6.23 Å². The summed E-state index contributed by atoms with van der Waals surface area (Å²) in [6.45, 7) is 3.17. The van der Waals surface area contributed by atoms with Gasteiger partial charge in [-0.1, -0.05) is 25.1 Å².